The monoisotopic (exact) mass is 928 g/mol. The molecule has 13 aromatic rings. The normalized spacial score (nSPS) is 12.5. The second-order valence-electron chi connectivity index (χ2n) is 19.1. The zero-order chi connectivity index (χ0) is 48.3. The van der Waals surface area contributed by atoms with Gasteiger partial charge in [0.2, 0.25) is 0 Å². The Bertz CT molecular complexity index is 4150. The fourth-order valence-corrected chi connectivity index (χ4v) is 12.3. The van der Waals surface area contributed by atoms with Gasteiger partial charge in [-0.2, -0.15) is 0 Å². The summed E-state index contributed by atoms with van der Waals surface area (Å²) in [6.45, 7) is 0. The van der Waals surface area contributed by atoms with E-state index in [4.69, 9.17) is 0 Å². The summed E-state index contributed by atoms with van der Waals surface area (Å²) in [6, 6.07) is 107. The van der Waals surface area contributed by atoms with Gasteiger partial charge in [0.25, 0.3) is 0 Å². The molecule has 0 aliphatic heterocycles. The van der Waals surface area contributed by atoms with Crippen molar-refractivity contribution < 1.29 is 0 Å². The van der Waals surface area contributed by atoms with Gasteiger partial charge in [-0.1, -0.05) is 243 Å². The Morgan fingerprint density at radius 3 is 1.52 bits per heavy atom. The van der Waals surface area contributed by atoms with Gasteiger partial charge in [-0.3, -0.25) is 0 Å². The molecule has 1 aliphatic carbocycles. The predicted molar refractivity (Wildman–Crippen MR) is 307 cm³/mol. The van der Waals surface area contributed by atoms with Crippen molar-refractivity contribution in [1.29, 1.82) is 0 Å². The van der Waals surface area contributed by atoms with Gasteiger partial charge < -0.3 is 9.47 Å². The Kier molecular flexibility index (Phi) is 10.1. The van der Waals surface area contributed by atoms with Crippen LogP contribution in [-0.4, -0.2) is 4.57 Å². The van der Waals surface area contributed by atoms with Crippen molar-refractivity contribution in [3.63, 3.8) is 0 Å². The molecule has 1 heterocycles. The minimum Gasteiger partial charge on any atom is -0.309 e. The fraction of sp³-hybridized carbons (Fsp3) is 0.0141. The molecule has 2 heteroatoms. The molecule has 342 valence electrons. The van der Waals surface area contributed by atoms with Gasteiger partial charge in [-0.05, 0) is 115 Å². The SMILES string of the molecule is c1ccc(-c2cccc3cccc(-c4ccccc4N(c4ccccc4-c4ccc5c(c4)C(c4ccccc4)(c4ccccc4)c4ccccc4-5)c4cccc5c4c4ccccc4n5-c4ccccc4)c23)cc1. The molecule has 0 unspecified atom stereocenters. The minimum absolute atomic E-state index is 0.540. The van der Waals surface area contributed by atoms with Crippen molar-refractivity contribution in [2.45, 2.75) is 5.41 Å². The highest BCUT2D eigenvalue weighted by molar-refractivity contribution is 6.18. The topological polar surface area (TPSA) is 8.17 Å². The van der Waals surface area contributed by atoms with Crippen molar-refractivity contribution in [2.75, 3.05) is 4.90 Å². The van der Waals surface area contributed by atoms with Crippen LogP contribution in [0.5, 0.6) is 0 Å². The molecular formula is C71H48N2. The summed E-state index contributed by atoms with van der Waals surface area (Å²) < 4.78 is 2.42. The molecule has 0 saturated carbocycles. The van der Waals surface area contributed by atoms with Gasteiger partial charge in [0.1, 0.15) is 0 Å². The zero-order valence-corrected chi connectivity index (χ0v) is 40.1. The van der Waals surface area contributed by atoms with Crippen LogP contribution in [0.2, 0.25) is 0 Å². The lowest BCUT2D eigenvalue weighted by Crippen LogP contribution is -2.28. The highest BCUT2D eigenvalue weighted by Crippen LogP contribution is 2.58. The summed E-state index contributed by atoms with van der Waals surface area (Å²) in [7, 11) is 0. The Morgan fingerprint density at radius 1 is 0.288 bits per heavy atom. The average Bonchev–Trinajstić information content (AvgIpc) is 3.97. The Labute approximate surface area is 426 Å². The van der Waals surface area contributed by atoms with E-state index in [1.165, 1.54) is 71.6 Å². The van der Waals surface area contributed by atoms with Crippen LogP contribution in [0, 0.1) is 0 Å². The molecule has 14 rings (SSSR count). The van der Waals surface area contributed by atoms with Crippen LogP contribution in [0.15, 0.2) is 291 Å². The van der Waals surface area contributed by atoms with Gasteiger partial charge in [-0.15, -0.1) is 0 Å². The summed E-state index contributed by atoms with van der Waals surface area (Å²) in [5.74, 6) is 0. The first-order chi connectivity index (χ1) is 36.3. The zero-order valence-electron chi connectivity index (χ0n) is 40.1. The molecule has 0 N–H and O–H groups in total. The standard InChI is InChI=1S/C71H48N2/c1-5-24-49(25-6-1)56-38-21-26-50-27-22-39-60(69(50)56)59-36-15-19-42-65(59)73(68-45-23-44-67-70(68)61-37-16-20-43-66(61)72(67)54-32-11-4-12-33-54)64-41-18-14-34-55(64)51-46-47-58-57-35-13-17-40-62(57)71(63(58)48-51,52-28-7-2-8-29-52)53-30-9-3-10-31-53/h1-48H. The van der Waals surface area contributed by atoms with E-state index < -0.39 is 5.41 Å². The maximum absolute atomic E-state index is 2.56. The number of anilines is 3. The summed E-state index contributed by atoms with van der Waals surface area (Å²) in [5.41, 5.74) is 20.8. The van der Waals surface area contributed by atoms with E-state index in [-0.39, 0.29) is 0 Å². The Balaban J connectivity index is 1.07. The van der Waals surface area contributed by atoms with Crippen LogP contribution in [0.4, 0.5) is 17.1 Å². The highest BCUT2D eigenvalue weighted by Gasteiger charge is 2.46. The van der Waals surface area contributed by atoms with E-state index in [0.29, 0.717) is 0 Å². The van der Waals surface area contributed by atoms with E-state index in [9.17, 15) is 0 Å². The molecule has 0 atom stereocenters. The van der Waals surface area contributed by atoms with Crippen molar-refractivity contribution in [1.82, 2.24) is 4.57 Å². The third kappa shape index (κ3) is 6.65. The average molecular weight is 929 g/mol. The number of fused-ring (bicyclic) bond motifs is 7. The number of para-hydroxylation sites is 4. The molecule has 1 aromatic heterocycles. The summed E-state index contributed by atoms with van der Waals surface area (Å²) in [6.07, 6.45) is 0. The number of hydrogen-bond donors (Lipinski definition) is 0. The van der Waals surface area contributed by atoms with Crippen molar-refractivity contribution in [3.8, 4) is 50.2 Å². The van der Waals surface area contributed by atoms with Crippen molar-refractivity contribution in [2.24, 2.45) is 0 Å². The Hall–Kier alpha value is -9.50. The number of hydrogen-bond acceptors (Lipinski definition) is 1. The largest absolute Gasteiger partial charge is 0.309 e. The number of rotatable bonds is 9. The summed E-state index contributed by atoms with van der Waals surface area (Å²) >= 11 is 0. The summed E-state index contributed by atoms with van der Waals surface area (Å²) in [5, 5.41) is 4.81. The van der Waals surface area contributed by atoms with E-state index in [1.807, 2.05) is 0 Å². The van der Waals surface area contributed by atoms with Crippen LogP contribution in [0.1, 0.15) is 22.3 Å². The second-order valence-corrected chi connectivity index (χ2v) is 19.1. The summed E-state index contributed by atoms with van der Waals surface area (Å²) in [4.78, 5) is 2.56. The lowest BCUT2D eigenvalue weighted by molar-refractivity contribution is 0.769. The van der Waals surface area contributed by atoms with E-state index in [0.717, 1.165) is 50.5 Å². The minimum atomic E-state index is -0.540. The van der Waals surface area contributed by atoms with Gasteiger partial charge in [0.15, 0.2) is 0 Å². The van der Waals surface area contributed by atoms with Gasteiger partial charge in [0.05, 0.1) is 33.5 Å². The van der Waals surface area contributed by atoms with Crippen LogP contribution < -0.4 is 4.90 Å². The first-order valence-corrected chi connectivity index (χ1v) is 25.3. The molecule has 0 bridgehead atoms. The molecule has 1 aliphatic rings. The second kappa shape index (κ2) is 17.4. The first-order valence-electron chi connectivity index (χ1n) is 25.3. The third-order valence-electron chi connectivity index (χ3n) is 15.3. The van der Waals surface area contributed by atoms with Gasteiger partial charge in [0, 0.05) is 27.6 Å². The fourth-order valence-electron chi connectivity index (χ4n) is 12.3. The highest BCUT2D eigenvalue weighted by atomic mass is 15.2. The molecule has 12 aromatic carbocycles. The van der Waals surface area contributed by atoms with Crippen LogP contribution >= 0.6 is 0 Å². The molecule has 0 spiro atoms. The first kappa shape index (κ1) is 42.4. The maximum Gasteiger partial charge on any atom is 0.0713 e. The Morgan fingerprint density at radius 2 is 0.795 bits per heavy atom. The molecule has 73 heavy (non-hydrogen) atoms. The van der Waals surface area contributed by atoms with Gasteiger partial charge >= 0.3 is 0 Å². The number of benzene rings is 12. The van der Waals surface area contributed by atoms with Crippen molar-refractivity contribution >= 4 is 49.6 Å². The van der Waals surface area contributed by atoms with Gasteiger partial charge in [-0.25, -0.2) is 0 Å². The number of nitrogens with zero attached hydrogens (tertiary/aromatic N) is 2. The number of aromatic nitrogens is 1. The van der Waals surface area contributed by atoms with Crippen molar-refractivity contribution in [3.05, 3.63) is 313 Å². The smallest absolute Gasteiger partial charge is 0.0713 e. The molecule has 0 radical (unpaired) electrons. The lowest BCUT2D eigenvalue weighted by atomic mass is 9.67. The van der Waals surface area contributed by atoms with Crippen LogP contribution in [-0.2, 0) is 5.41 Å². The van der Waals surface area contributed by atoms with E-state index in [2.05, 4.69) is 301 Å². The molecule has 0 fully saturated rings. The molecule has 2 nitrogen and oxygen atoms in total. The molecule has 0 saturated heterocycles. The van der Waals surface area contributed by atoms with E-state index in [1.54, 1.807) is 0 Å². The quantitative estimate of drug-likeness (QED) is 0.140. The van der Waals surface area contributed by atoms with Crippen LogP contribution in [0.25, 0.3) is 82.8 Å². The molecular weight excluding hydrogens is 881 g/mol. The predicted octanol–water partition coefficient (Wildman–Crippen LogP) is 18.8. The van der Waals surface area contributed by atoms with Crippen LogP contribution in [0.3, 0.4) is 0 Å². The lowest BCUT2D eigenvalue weighted by Gasteiger charge is -2.34. The maximum atomic E-state index is 2.56. The molecule has 0 amide bonds. The third-order valence-corrected chi connectivity index (χ3v) is 15.3. The van der Waals surface area contributed by atoms with E-state index >= 15 is 0 Å².